The zero-order valence-electron chi connectivity index (χ0n) is 11.0. The molecule has 1 aromatic rings. The van der Waals surface area contributed by atoms with Gasteiger partial charge in [-0.25, -0.2) is 0 Å². The van der Waals surface area contributed by atoms with Crippen LogP contribution in [0.15, 0.2) is 12.1 Å². The van der Waals surface area contributed by atoms with Gasteiger partial charge in [0.05, 0.1) is 24.9 Å². The Labute approximate surface area is 113 Å². The molecule has 0 bridgehead atoms. The van der Waals surface area contributed by atoms with E-state index in [1.165, 1.54) is 32.1 Å². The summed E-state index contributed by atoms with van der Waals surface area (Å²) in [5.74, 6) is 1.42. The number of benzene rings is 1. The Morgan fingerprint density at radius 2 is 1.72 bits per heavy atom. The van der Waals surface area contributed by atoms with Crippen molar-refractivity contribution in [3.8, 4) is 11.5 Å². The number of nitrogens with one attached hydrogen (secondary N) is 1. The highest BCUT2D eigenvalue weighted by molar-refractivity contribution is 6.32. The van der Waals surface area contributed by atoms with Crippen LogP contribution in [-0.4, -0.2) is 20.3 Å². The molecule has 2 rings (SSSR count). The molecule has 3 nitrogen and oxygen atoms in total. The van der Waals surface area contributed by atoms with Gasteiger partial charge in [-0.2, -0.15) is 0 Å². The fourth-order valence-corrected chi connectivity index (χ4v) is 2.68. The molecule has 0 radical (unpaired) electrons. The van der Waals surface area contributed by atoms with E-state index in [2.05, 4.69) is 5.32 Å². The van der Waals surface area contributed by atoms with Crippen molar-refractivity contribution >= 4 is 17.3 Å². The van der Waals surface area contributed by atoms with Crippen LogP contribution in [0, 0.1) is 0 Å². The Bertz CT molecular complexity index is 403. The van der Waals surface area contributed by atoms with Gasteiger partial charge in [-0.05, 0) is 18.9 Å². The summed E-state index contributed by atoms with van der Waals surface area (Å²) < 4.78 is 10.6. The van der Waals surface area contributed by atoms with Crippen molar-refractivity contribution < 1.29 is 9.47 Å². The summed E-state index contributed by atoms with van der Waals surface area (Å²) >= 11 is 6.16. The third-order valence-electron chi connectivity index (χ3n) is 3.44. The molecule has 0 atom stereocenters. The fourth-order valence-electron chi connectivity index (χ4n) is 2.44. The van der Waals surface area contributed by atoms with Crippen LogP contribution in [0.3, 0.4) is 0 Å². The predicted molar refractivity (Wildman–Crippen MR) is 75.1 cm³/mol. The van der Waals surface area contributed by atoms with Crippen molar-refractivity contribution in [2.75, 3.05) is 19.5 Å². The van der Waals surface area contributed by atoms with Gasteiger partial charge in [0, 0.05) is 12.1 Å². The van der Waals surface area contributed by atoms with Crippen LogP contribution in [0.5, 0.6) is 11.5 Å². The van der Waals surface area contributed by atoms with E-state index < -0.39 is 0 Å². The van der Waals surface area contributed by atoms with E-state index in [0.717, 1.165) is 11.4 Å². The summed E-state index contributed by atoms with van der Waals surface area (Å²) in [7, 11) is 3.27. The quantitative estimate of drug-likeness (QED) is 0.893. The normalized spacial score (nSPS) is 16.4. The van der Waals surface area contributed by atoms with Crippen LogP contribution in [0.1, 0.15) is 32.1 Å². The molecular weight excluding hydrogens is 250 g/mol. The SMILES string of the molecule is COc1cc(OC)c(NC2CCCCC2)cc1Cl. The van der Waals surface area contributed by atoms with Gasteiger partial charge in [-0.1, -0.05) is 30.9 Å². The second-order valence-corrected chi connectivity index (χ2v) is 5.07. The first-order valence-corrected chi connectivity index (χ1v) is 6.80. The van der Waals surface area contributed by atoms with E-state index in [-0.39, 0.29) is 0 Å². The predicted octanol–water partition coefficient (Wildman–Crippen LogP) is 4.10. The Kier molecular flexibility index (Phi) is 4.59. The Morgan fingerprint density at radius 1 is 1.06 bits per heavy atom. The highest BCUT2D eigenvalue weighted by atomic mass is 35.5. The first-order valence-electron chi connectivity index (χ1n) is 6.42. The van der Waals surface area contributed by atoms with Crippen LogP contribution in [0.2, 0.25) is 5.02 Å². The van der Waals surface area contributed by atoms with Crippen LogP contribution in [-0.2, 0) is 0 Å². The van der Waals surface area contributed by atoms with Crippen LogP contribution >= 0.6 is 11.6 Å². The van der Waals surface area contributed by atoms with Crippen molar-refractivity contribution in [1.82, 2.24) is 0 Å². The second kappa shape index (κ2) is 6.19. The van der Waals surface area contributed by atoms with E-state index in [0.29, 0.717) is 16.8 Å². The average molecular weight is 270 g/mol. The molecular formula is C14H20ClNO2. The standard InChI is InChI=1S/C14H20ClNO2/c1-17-13-9-14(18-2)12(8-11(13)15)16-10-6-4-3-5-7-10/h8-10,16H,3-7H2,1-2H3. The maximum atomic E-state index is 6.16. The van der Waals surface area contributed by atoms with Gasteiger partial charge in [-0.3, -0.25) is 0 Å². The number of hydrogen-bond donors (Lipinski definition) is 1. The maximum Gasteiger partial charge on any atom is 0.145 e. The zero-order chi connectivity index (χ0) is 13.0. The number of ether oxygens (including phenoxy) is 2. The van der Waals surface area contributed by atoms with Crippen molar-refractivity contribution in [1.29, 1.82) is 0 Å². The first-order chi connectivity index (χ1) is 8.74. The number of rotatable bonds is 4. The van der Waals surface area contributed by atoms with Gasteiger partial charge in [0.25, 0.3) is 0 Å². The van der Waals surface area contributed by atoms with E-state index in [1.807, 2.05) is 12.1 Å². The largest absolute Gasteiger partial charge is 0.495 e. The van der Waals surface area contributed by atoms with E-state index in [1.54, 1.807) is 14.2 Å². The molecule has 1 saturated carbocycles. The summed E-state index contributed by atoms with van der Waals surface area (Å²) in [6, 6.07) is 4.23. The average Bonchev–Trinajstić information content (AvgIpc) is 2.40. The molecule has 0 heterocycles. The molecule has 0 amide bonds. The summed E-state index contributed by atoms with van der Waals surface area (Å²) in [5.41, 5.74) is 0.954. The Balaban J connectivity index is 2.17. The summed E-state index contributed by atoms with van der Waals surface area (Å²) in [5, 5.41) is 4.14. The third kappa shape index (κ3) is 3.02. The maximum absolute atomic E-state index is 6.16. The first kappa shape index (κ1) is 13.3. The number of anilines is 1. The molecule has 1 N–H and O–H groups in total. The van der Waals surface area contributed by atoms with E-state index in [4.69, 9.17) is 21.1 Å². The molecule has 1 aliphatic rings. The summed E-state index contributed by atoms with van der Waals surface area (Å²) in [4.78, 5) is 0. The van der Waals surface area contributed by atoms with Crippen molar-refractivity contribution in [3.63, 3.8) is 0 Å². The molecule has 0 saturated heterocycles. The molecule has 1 aliphatic carbocycles. The van der Waals surface area contributed by atoms with Gasteiger partial charge >= 0.3 is 0 Å². The minimum absolute atomic E-state index is 0.525. The monoisotopic (exact) mass is 269 g/mol. The number of methoxy groups -OCH3 is 2. The zero-order valence-corrected chi connectivity index (χ0v) is 11.7. The molecule has 0 aliphatic heterocycles. The second-order valence-electron chi connectivity index (χ2n) is 4.67. The third-order valence-corrected chi connectivity index (χ3v) is 3.73. The van der Waals surface area contributed by atoms with Crippen LogP contribution in [0.25, 0.3) is 0 Å². The highest BCUT2D eigenvalue weighted by Gasteiger charge is 2.16. The van der Waals surface area contributed by atoms with Gasteiger partial charge in [0.2, 0.25) is 0 Å². The number of hydrogen-bond acceptors (Lipinski definition) is 3. The lowest BCUT2D eigenvalue weighted by Crippen LogP contribution is -2.22. The molecule has 1 fully saturated rings. The number of halogens is 1. The molecule has 0 unspecified atom stereocenters. The van der Waals surface area contributed by atoms with E-state index in [9.17, 15) is 0 Å². The molecule has 18 heavy (non-hydrogen) atoms. The molecule has 0 spiro atoms. The lowest BCUT2D eigenvalue weighted by molar-refractivity contribution is 0.394. The minimum Gasteiger partial charge on any atom is -0.495 e. The summed E-state index contributed by atoms with van der Waals surface area (Å²) in [6.45, 7) is 0. The minimum atomic E-state index is 0.525. The van der Waals surface area contributed by atoms with Gasteiger partial charge in [0.1, 0.15) is 11.5 Å². The highest BCUT2D eigenvalue weighted by Crippen LogP contribution is 2.37. The van der Waals surface area contributed by atoms with Crippen molar-refractivity contribution in [3.05, 3.63) is 17.2 Å². The van der Waals surface area contributed by atoms with Crippen LogP contribution < -0.4 is 14.8 Å². The van der Waals surface area contributed by atoms with Crippen molar-refractivity contribution in [2.45, 2.75) is 38.1 Å². The van der Waals surface area contributed by atoms with Crippen molar-refractivity contribution in [2.24, 2.45) is 0 Å². The van der Waals surface area contributed by atoms with Gasteiger partial charge < -0.3 is 14.8 Å². The molecule has 4 heteroatoms. The lowest BCUT2D eigenvalue weighted by Gasteiger charge is -2.25. The fraction of sp³-hybridized carbons (Fsp3) is 0.571. The Hall–Kier alpha value is -1.09. The van der Waals surface area contributed by atoms with Gasteiger partial charge in [-0.15, -0.1) is 0 Å². The van der Waals surface area contributed by atoms with Crippen LogP contribution in [0.4, 0.5) is 5.69 Å². The van der Waals surface area contributed by atoms with Gasteiger partial charge in [0.15, 0.2) is 0 Å². The lowest BCUT2D eigenvalue weighted by atomic mass is 9.95. The molecule has 0 aromatic heterocycles. The smallest absolute Gasteiger partial charge is 0.145 e. The summed E-state index contributed by atoms with van der Waals surface area (Å²) in [6.07, 6.45) is 6.37. The topological polar surface area (TPSA) is 30.5 Å². The molecule has 100 valence electrons. The Morgan fingerprint density at radius 3 is 2.33 bits per heavy atom. The van der Waals surface area contributed by atoms with E-state index >= 15 is 0 Å². The molecule has 1 aromatic carbocycles.